The number of hydrogen-bond donors (Lipinski definition) is 2. The quantitative estimate of drug-likeness (QED) is 0.356. The Kier molecular flexibility index (Phi) is 9.10. The average molecular weight is 482 g/mol. The number of nitrogens with one attached hydrogen (secondary N) is 2. The number of aromatic nitrogens is 1. The van der Waals surface area contributed by atoms with Crippen LogP contribution < -0.4 is 10.6 Å². The standard InChI is InChI=1S/C21H30N4O.HI/c1-3-22-21(25-18-7-5-4-6-8-18)23-14-13-19-15-26-20(24-19)17-11-9-16(2)10-12-17;/h9-12,15,18H,3-8,13-14H2,1-2H3,(H2,22,23,25);1H. The third kappa shape index (κ3) is 6.83. The molecule has 1 heterocycles. The zero-order valence-electron chi connectivity index (χ0n) is 16.3. The average Bonchev–Trinajstić information content (AvgIpc) is 3.12. The summed E-state index contributed by atoms with van der Waals surface area (Å²) < 4.78 is 5.63. The van der Waals surface area contributed by atoms with Crippen LogP contribution in [0.5, 0.6) is 0 Å². The first kappa shape index (κ1) is 21.7. The van der Waals surface area contributed by atoms with Crippen molar-refractivity contribution in [3.05, 3.63) is 41.8 Å². The SMILES string of the molecule is CCNC(=NCCc1coc(-c2ccc(C)cc2)n1)NC1CCCCC1.I. The van der Waals surface area contributed by atoms with Crippen LogP contribution in [0.3, 0.4) is 0 Å². The Hall–Kier alpha value is -1.57. The van der Waals surface area contributed by atoms with Gasteiger partial charge in [0.15, 0.2) is 5.96 Å². The molecule has 0 spiro atoms. The van der Waals surface area contributed by atoms with Gasteiger partial charge >= 0.3 is 0 Å². The van der Waals surface area contributed by atoms with E-state index >= 15 is 0 Å². The Morgan fingerprint density at radius 2 is 1.93 bits per heavy atom. The van der Waals surface area contributed by atoms with Crippen molar-refractivity contribution < 1.29 is 4.42 Å². The summed E-state index contributed by atoms with van der Waals surface area (Å²) in [4.78, 5) is 9.30. The minimum absolute atomic E-state index is 0. The molecular formula is C21H31IN4O. The molecular weight excluding hydrogens is 451 g/mol. The highest BCUT2D eigenvalue weighted by Crippen LogP contribution is 2.19. The molecule has 0 unspecified atom stereocenters. The van der Waals surface area contributed by atoms with E-state index in [1.54, 1.807) is 6.26 Å². The van der Waals surface area contributed by atoms with Crippen LogP contribution in [0.1, 0.15) is 50.3 Å². The molecule has 0 saturated heterocycles. The third-order valence-electron chi connectivity index (χ3n) is 4.78. The van der Waals surface area contributed by atoms with Crippen molar-refractivity contribution in [1.29, 1.82) is 0 Å². The Bertz CT molecular complexity index is 705. The number of aryl methyl sites for hydroxylation is 1. The van der Waals surface area contributed by atoms with Gasteiger partial charge < -0.3 is 15.1 Å². The Morgan fingerprint density at radius 3 is 2.63 bits per heavy atom. The maximum atomic E-state index is 5.63. The molecule has 1 aliphatic carbocycles. The predicted molar refractivity (Wildman–Crippen MR) is 122 cm³/mol. The van der Waals surface area contributed by atoms with Crippen molar-refractivity contribution in [2.75, 3.05) is 13.1 Å². The van der Waals surface area contributed by atoms with Gasteiger partial charge in [0.1, 0.15) is 6.26 Å². The summed E-state index contributed by atoms with van der Waals surface area (Å²) in [5, 5.41) is 6.92. The number of halogens is 1. The fourth-order valence-electron chi connectivity index (χ4n) is 3.29. The van der Waals surface area contributed by atoms with Gasteiger partial charge in [-0.15, -0.1) is 24.0 Å². The minimum Gasteiger partial charge on any atom is -0.444 e. The molecule has 148 valence electrons. The van der Waals surface area contributed by atoms with Crippen molar-refractivity contribution >= 4 is 29.9 Å². The summed E-state index contributed by atoms with van der Waals surface area (Å²) in [6, 6.07) is 8.79. The van der Waals surface area contributed by atoms with Gasteiger partial charge in [0, 0.05) is 31.1 Å². The zero-order chi connectivity index (χ0) is 18.2. The van der Waals surface area contributed by atoms with E-state index in [2.05, 4.69) is 41.6 Å². The van der Waals surface area contributed by atoms with E-state index in [1.807, 2.05) is 12.1 Å². The lowest BCUT2D eigenvalue weighted by Crippen LogP contribution is -2.44. The lowest BCUT2D eigenvalue weighted by molar-refractivity contribution is 0.410. The normalized spacial score (nSPS) is 15.3. The van der Waals surface area contributed by atoms with Crippen LogP contribution in [0.25, 0.3) is 11.5 Å². The number of guanidine groups is 1. The van der Waals surface area contributed by atoms with Crippen molar-refractivity contribution in [2.24, 2.45) is 4.99 Å². The van der Waals surface area contributed by atoms with Gasteiger partial charge in [-0.2, -0.15) is 0 Å². The van der Waals surface area contributed by atoms with Gasteiger partial charge in [-0.25, -0.2) is 4.98 Å². The fraction of sp³-hybridized carbons (Fsp3) is 0.524. The smallest absolute Gasteiger partial charge is 0.226 e. The second-order valence-electron chi connectivity index (χ2n) is 7.00. The highest BCUT2D eigenvalue weighted by molar-refractivity contribution is 14.0. The van der Waals surface area contributed by atoms with Crippen molar-refractivity contribution in [1.82, 2.24) is 15.6 Å². The van der Waals surface area contributed by atoms with Crippen LogP contribution in [-0.2, 0) is 6.42 Å². The first-order valence-electron chi connectivity index (χ1n) is 9.81. The first-order chi connectivity index (χ1) is 12.7. The monoisotopic (exact) mass is 482 g/mol. The van der Waals surface area contributed by atoms with Crippen LogP contribution in [0, 0.1) is 6.92 Å². The van der Waals surface area contributed by atoms with Gasteiger partial charge in [0.25, 0.3) is 0 Å². The summed E-state index contributed by atoms with van der Waals surface area (Å²) in [7, 11) is 0. The Labute approximate surface area is 179 Å². The molecule has 0 radical (unpaired) electrons. The van der Waals surface area contributed by atoms with Crippen LogP contribution in [0.15, 0.2) is 39.9 Å². The van der Waals surface area contributed by atoms with Gasteiger partial charge in [0.2, 0.25) is 5.89 Å². The van der Waals surface area contributed by atoms with Crippen LogP contribution in [0.4, 0.5) is 0 Å². The van der Waals surface area contributed by atoms with E-state index in [1.165, 1.54) is 37.7 Å². The molecule has 2 aromatic rings. The van der Waals surface area contributed by atoms with E-state index in [0.29, 0.717) is 18.5 Å². The maximum Gasteiger partial charge on any atom is 0.226 e. The molecule has 1 aromatic carbocycles. The molecule has 1 saturated carbocycles. The molecule has 0 amide bonds. The second-order valence-corrected chi connectivity index (χ2v) is 7.00. The number of benzene rings is 1. The molecule has 0 bridgehead atoms. The number of oxazole rings is 1. The topological polar surface area (TPSA) is 62.5 Å². The van der Waals surface area contributed by atoms with Crippen LogP contribution in [-0.4, -0.2) is 30.1 Å². The molecule has 1 fully saturated rings. The Balaban J connectivity index is 0.00000261. The van der Waals surface area contributed by atoms with Gasteiger partial charge in [-0.1, -0.05) is 37.0 Å². The summed E-state index contributed by atoms with van der Waals surface area (Å²) in [6.07, 6.45) is 9.00. The molecule has 27 heavy (non-hydrogen) atoms. The predicted octanol–water partition coefficient (Wildman–Crippen LogP) is 4.70. The number of hydrogen-bond acceptors (Lipinski definition) is 3. The second kappa shape index (κ2) is 11.3. The number of rotatable bonds is 6. The summed E-state index contributed by atoms with van der Waals surface area (Å²) in [6.45, 7) is 5.75. The summed E-state index contributed by atoms with van der Waals surface area (Å²) >= 11 is 0. The fourth-order valence-corrected chi connectivity index (χ4v) is 3.29. The lowest BCUT2D eigenvalue weighted by atomic mass is 9.96. The van der Waals surface area contributed by atoms with E-state index in [4.69, 9.17) is 9.41 Å². The molecule has 1 aromatic heterocycles. The zero-order valence-corrected chi connectivity index (χ0v) is 18.7. The van der Waals surface area contributed by atoms with E-state index in [-0.39, 0.29) is 24.0 Å². The van der Waals surface area contributed by atoms with Crippen molar-refractivity contribution in [3.8, 4) is 11.5 Å². The Morgan fingerprint density at radius 1 is 1.19 bits per heavy atom. The molecule has 0 atom stereocenters. The minimum atomic E-state index is 0. The maximum absolute atomic E-state index is 5.63. The van der Waals surface area contributed by atoms with E-state index in [9.17, 15) is 0 Å². The summed E-state index contributed by atoms with van der Waals surface area (Å²) in [5.74, 6) is 1.60. The van der Waals surface area contributed by atoms with Crippen molar-refractivity contribution in [3.63, 3.8) is 0 Å². The molecule has 5 nitrogen and oxygen atoms in total. The van der Waals surface area contributed by atoms with Crippen molar-refractivity contribution in [2.45, 2.75) is 58.4 Å². The largest absolute Gasteiger partial charge is 0.444 e. The molecule has 1 aliphatic rings. The van der Waals surface area contributed by atoms with Gasteiger partial charge in [0.05, 0.1) is 5.69 Å². The van der Waals surface area contributed by atoms with E-state index < -0.39 is 0 Å². The van der Waals surface area contributed by atoms with Crippen LogP contribution in [0.2, 0.25) is 0 Å². The molecule has 6 heteroatoms. The summed E-state index contributed by atoms with van der Waals surface area (Å²) in [5.41, 5.74) is 3.19. The van der Waals surface area contributed by atoms with Gasteiger partial charge in [-0.05, 0) is 38.8 Å². The van der Waals surface area contributed by atoms with Gasteiger partial charge in [-0.3, -0.25) is 4.99 Å². The highest BCUT2D eigenvalue weighted by atomic mass is 127. The highest BCUT2D eigenvalue weighted by Gasteiger charge is 2.14. The van der Waals surface area contributed by atoms with E-state index in [0.717, 1.165) is 30.2 Å². The number of aliphatic imine (C=N–C) groups is 1. The third-order valence-corrected chi connectivity index (χ3v) is 4.78. The lowest BCUT2D eigenvalue weighted by Gasteiger charge is -2.24. The number of nitrogens with zero attached hydrogens (tertiary/aromatic N) is 2. The van der Waals surface area contributed by atoms with Crippen LogP contribution >= 0.6 is 24.0 Å². The molecule has 0 aliphatic heterocycles. The first-order valence-corrected chi connectivity index (χ1v) is 9.81. The molecule has 2 N–H and O–H groups in total. The molecule has 3 rings (SSSR count).